The molecular formula is C36H37BrN2O7S. The number of aliphatic hydroxyl groups excluding tert-OH is 1. The molecule has 2 N–H and O–H groups in total. The van der Waals surface area contributed by atoms with Gasteiger partial charge in [0.1, 0.15) is 11.5 Å². The van der Waals surface area contributed by atoms with Crippen molar-refractivity contribution in [3.05, 3.63) is 124 Å². The van der Waals surface area contributed by atoms with Crippen LogP contribution in [0.4, 0.5) is 0 Å². The van der Waals surface area contributed by atoms with Crippen LogP contribution >= 0.6 is 15.9 Å². The van der Waals surface area contributed by atoms with Gasteiger partial charge < -0.3 is 24.6 Å². The summed E-state index contributed by atoms with van der Waals surface area (Å²) in [5, 5.41) is 12.1. The summed E-state index contributed by atoms with van der Waals surface area (Å²) in [6.07, 6.45) is -0.0806. The van der Waals surface area contributed by atoms with Crippen molar-refractivity contribution in [1.82, 2.24) is 5.32 Å². The molecular weight excluding hydrogens is 684 g/mol. The summed E-state index contributed by atoms with van der Waals surface area (Å²) in [5.41, 5.74) is 0.558. The lowest BCUT2D eigenvalue weighted by atomic mass is 9.85. The van der Waals surface area contributed by atoms with Gasteiger partial charge in [0.15, 0.2) is 21.5 Å². The topological polar surface area (TPSA) is 124 Å². The molecule has 0 radical (unpaired) electrons. The van der Waals surface area contributed by atoms with Crippen LogP contribution in [0.3, 0.4) is 0 Å². The third-order valence-electron chi connectivity index (χ3n) is 7.94. The van der Waals surface area contributed by atoms with Crippen molar-refractivity contribution >= 4 is 37.6 Å². The third-order valence-corrected chi connectivity index (χ3v) is 10.4. The highest BCUT2D eigenvalue weighted by Crippen LogP contribution is 2.45. The van der Waals surface area contributed by atoms with Crippen LogP contribution in [0.5, 0.6) is 11.5 Å². The van der Waals surface area contributed by atoms with Crippen molar-refractivity contribution < 1.29 is 32.5 Å². The number of carbonyl (C=O) groups is 1. The van der Waals surface area contributed by atoms with Crippen LogP contribution in [0.1, 0.15) is 35.6 Å². The summed E-state index contributed by atoms with van der Waals surface area (Å²) in [6.45, 7) is 0.660. The fourth-order valence-corrected chi connectivity index (χ4v) is 7.32. The molecule has 5 rings (SSSR count). The lowest BCUT2D eigenvalue weighted by molar-refractivity contribution is -0.129. The highest BCUT2D eigenvalue weighted by molar-refractivity contribution is 9.10. The van der Waals surface area contributed by atoms with E-state index in [9.17, 15) is 13.2 Å². The molecule has 0 aliphatic carbocycles. The van der Waals surface area contributed by atoms with Crippen molar-refractivity contribution in [2.24, 2.45) is 4.99 Å². The molecule has 246 valence electrons. The fraction of sp³-hybridized carbons (Fsp3) is 0.278. The quantitative estimate of drug-likeness (QED) is 0.151. The predicted octanol–water partition coefficient (Wildman–Crippen LogP) is 5.70. The first-order valence-electron chi connectivity index (χ1n) is 15.3. The molecule has 1 aliphatic rings. The summed E-state index contributed by atoms with van der Waals surface area (Å²) < 4.78 is 45.5. The number of sulfone groups is 1. The first-order chi connectivity index (χ1) is 22.8. The summed E-state index contributed by atoms with van der Waals surface area (Å²) in [7, 11) is -2.17. The van der Waals surface area contributed by atoms with Gasteiger partial charge in [-0.25, -0.2) is 13.4 Å². The second kappa shape index (κ2) is 15.6. The van der Waals surface area contributed by atoms with Crippen molar-refractivity contribution in [2.75, 3.05) is 32.6 Å². The number of hydrogen-bond acceptors (Lipinski definition) is 8. The summed E-state index contributed by atoms with van der Waals surface area (Å²) in [4.78, 5) is 19.6. The number of nitrogens with one attached hydrogen (secondary N) is 1. The Morgan fingerprint density at radius 2 is 1.68 bits per heavy atom. The van der Waals surface area contributed by atoms with E-state index in [1.165, 1.54) is 0 Å². The Balaban J connectivity index is 1.52. The minimum absolute atomic E-state index is 0.0300. The number of benzene rings is 4. The number of rotatable bonds is 15. The van der Waals surface area contributed by atoms with E-state index in [1.54, 1.807) is 61.7 Å². The van der Waals surface area contributed by atoms with Gasteiger partial charge in [0, 0.05) is 41.6 Å². The number of para-hydroxylation sites is 1. The van der Waals surface area contributed by atoms with Crippen LogP contribution < -0.4 is 14.8 Å². The molecule has 0 spiro atoms. The number of methoxy groups -OCH3 is 1. The van der Waals surface area contributed by atoms with Crippen LogP contribution in [0.25, 0.3) is 0 Å². The number of ether oxygens (including phenoxy) is 3. The van der Waals surface area contributed by atoms with E-state index < -0.39 is 27.4 Å². The standard InChI is InChI=1S/C36H37BrN2O7S/c1-44-32-15-8-5-10-26(32)20-22-38-35(41)36(21-25-47(42,43)29-11-3-2-4-12-29)33(30-13-6-7-14-31(30)37)46-34(39-36)27-16-18-28(19-17-27)45-24-9-23-40/h2-8,10-19,33,40H,9,20-25H2,1H3,(H,38,41)/t33-,36-/m1/s1. The molecule has 11 heteroatoms. The first kappa shape index (κ1) is 34.2. The number of carbonyl (C=O) groups excluding carboxylic acids is 1. The maximum Gasteiger partial charge on any atom is 0.252 e. The van der Waals surface area contributed by atoms with Crippen LogP contribution in [-0.2, 0) is 25.8 Å². The smallest absolute Gasteiger partial charge is 0.252 e. The van der Waals surface area contributed by atoms with Gasteiger partial charge in [-0.2, -0.15) is 0 Å². The minimum atomic E-state index is -3.77. The van der Waals surface area contributed by atoms with E-state index in [0.717, 1.165) is 5.56 Å². The summed E-state index contributed by atoms with van der Waals surface area (Å²) >= 11 is 3.62. The maximum absolute atomic E-state index is 14.5. The normalized spacial score (nSPS) is 17.4. The van der Waals surface area contributed by atoms with E-state index in [4.69, 9.17) is 24.3 Å². The average Bonchev–Trinajstić information content (AvgIpc) is 3.49. The van der Waals surface area contributed by atoms with Crippen LogP contribution in [0.2, 0.25) is 0 Å². The second-order valence-corrected chi connectivity index (χ2v) is 14.0. The molecule has 0 saturated carbocycles. The lowest BCUT2D eigenvalue weighted by Crippen LogP contribution is -2.49. The largest absolute Gasteiger partial charge is 0.496 e. The average molecular weight is 722 g/mol. The number of aliphatic imine (C=N–C) groups is 1. The SMILES string of the molecule is COc1ccccc1CCNC(=O)[C@]1(CCS(=O)(=O)c2ccccc2)N=C(c2ccc(OCCCO)cc2)O[C@@H]1c1ccccc1Br. The van der Waals surface area contributed by atoms with Crippen molar-refractivity contribution in [3.8, 4) is 11.5 Å². The Morgan fingerprint density at radius 3 is 2.40 bits per heavy atom. The number of aliphatic hydroxyl groups is 1. The number of halogens is 1. The molecule has 0 fully saturated rings. The van der Waals surface area contributed by atoms with Gasteiger partial charge in [-0.1, -0.05) is 70.5 Å². The van der Waals surface area contributed by atoms with Gasteiger partial charge in [-0.15, -0.1) is 0 Å². The molecule has 47 heavy (non-hydrogen) atoms. The molecule has 1 aliphatic heterocycles. The molecule has 2 atom stereocenters. The van der Waals surface area contributed by atoms with E-state index >= 15 is 0 Å². The Bertz CT molecular complexity index is 1800. The van der Waals surface area contributed by atoms with Gasteiger partial charge in [0.2, 0.25) is 5.90 Å². The van der Waals surface area contributed by atoms with E-state index in [2.05, 4.69) is 21.2 Å². The number of nitrogens with zero attached hydrogens (tertiary/aromatic N) is 1. The van der Waals surface area contributed by atoms with Crippen molar-refractivity contribution in [3.63, 3.8) is 0 Å². The van der Waals surface area contributed by atoms with Crippen molar-refractivity contribution in [1.29, 1.82) is 0 Å². The highest BCUT2D eigenvalue weighted by Gasteiger charge is 2.54. The molecule has 0 bridgehead atoms. The molecule has 0 unspecified atom stereocenters. The van der Waals surface area contributed by atoms with Gasteiger partial charge in [-0.05, 0) is 60.5 Å². The lowest BCUT2D eigenvalue weighted by Gasteiger charge is -2.31. The third kappa shape index (κ3) is 8.04. The first-order valence-corrected chi connectivity index (χ1v) is 17.7. The zero-order chi connectivity index (χ0) is 33.3. The van der Waals surface area contributed by atoms with Gasteiger partial charge in [-0.3, -0.25) is 4.79 Å². The predicted molar refractivity (Wildman–Crippen MR) is 184 cm³/mol. The van der Waals surface area contributed by atoms with E-state index in [0.29, 0.717) is 46.5 Å². The van der Waals surface area contributed by atoms with Gasteiger partial charge in [0.25, 0.3) is 5.91 Å². The monoisotopic (exact) mass is 720 g/mol. The molecule has 0 aromatic heterocycles. The maximum atomic E-state index is 14.5. The highest BCUT2D eigenvalue weighted by atomic mass is 79.9. The number of hydrogen-bond donors (Lipinski definition) is 2. The van der Waals surface area contributed by atoms with Gasteiger partial charge in [0.05, 0.1) is 24.4 Å². The summed E-state index contributed by atoms with van der Waals surface area (Å²) in [5.74, 6) is 0.748. The molecule has 9 nitrogen and oxygen atoms in total. The Morgan fingerprint density at radius 1 is 0.979 bits per heavy atom. The Kier molecular flexibility index (Phi) is 11.3. The second-order valence-electron chi connectivity index (χ2n) is 11.0. The molecule has 4 aromatic carbocycles. The zero-order valence-electron chi connectivity index (χ0n) is 26.0. The van der Waals surface area contributed by atoms with Gasteiger partial charge >= 0.3 is 0 Å². The van der Waals surface area contributed by atoms with Crippen molar-refractivity contribution in [2.45, 2.75) is 35.8 Å². The molecule has 1 amide bonds. The zero-order valence-corrected chi connectivity index (χ0v) is 28.4. The number of amides is 1. The Hall–Kier alpha value is -4.19. The van der Waals surface area contributed by atoms with E-state index in [-0.39, 0.29) is 36.1 Å². The minimum Gasteiger partial charge on any atom is -0.496 e. The molecule has 4 aromatic rings. The molecule has 0 saturated heterocycles. The van der Waals surface area contributed by atoms with Crippen LogP contribution in [-0.4, -0.2) is 63.5 Å². The van der Waals surface area contributed by atoms with Crippen LogP contribution in [0.15, 0.2) is 117 Å². The summed E-state index contributed by atoms with van der Waals surface area (Å²) in [6, 6.07) is 30.2. The Labute approximate surface area is 283 Å². The molecule has 1 heterocycles. The van der Waals surface area contributed by atoms with Crippen LogP contribution in [0, 0.1) is 0 Å². The van der Waals surface area contributed by atoms with E-state index in [1.807, 2.05) is 48.5 Å². The fourth-order valence-electron chi connectivity index (χ4n) is 5.44.